The summed E-state index contributed by atoms with van der Waals surface area (Å²) in [6.45, 7) is 6.93. The Bertz CT molecular complexity index is 640. The maximum absolute atomic E-state index is 13.4. The number of hydrogen-bond donors (Lipinski definition) is 2. The van der Waals surface area contributed by atoms with Gasteiger partial charge in [0.15, 0.2) is 0 Å². The highest BCUT2D eigenvalue weighted by Gasteiger charge is 2.48. The number of rotatable bonds is 5. The molecule has 144 valence electrons. The van der Waals surface area contributed by atoms with Crippen molar-refractivity contribution < 1.29 is 14.3 Å². The van der Waals surface area contributed by atoms with Crippen LogP contribution < -0.4 is 10.6 Å². The Morgan fingerprint density at radius 3 is 2.65 bits per heavy atom. The number of methoxy groups -OCH3 is 1. The van der Waals surface area contributed by atoms with Gasteiger partial charge in [0.05, 0.1) is 7.11 Å². The van der Waals surface area contributed by atoms with Crippen molar-refractivity contribution in [2.45, 2.75) is 26.2 Å². The van der Waals surface area contributed by atoms with Crippen molar-refractivity contribution >= 4 is 39.3 Å². The molecule has 1 aliphatic heterocycles. The van der Waals surface area contributed by atoms with Crippen LogP contribution in [0.1, 0.15) is 26.2 Å². The van der Waals surface area contributed by atoms with Crippen molar-refractivity contribution in [2.75, 3.05) is 33.8 Å². The minimum atomic E-state index is -0.552. The molecule has 1 amide bonds. The molecule has 2 N–H and O–H groups in total. The summed E-state index contributed by atoms with van der Waals surface area (Å²) in [5.74, 6) is -0.614. The fraction of sp³-hybridized carbons (Fsp3) is 0.647. The molecule has 1 atom stereocenters. The topological polar surface area (TPSA) is 95.4 Å². The fourth-order valence-electron chi connectivity index (χ4n) is 3.99. The van der Waals surface area contributed by atoms with Gasteiger partial charge in [-0.2, -0.15) is 0 Å². The minimum absolute atomic E-state index is 0.131. The first kappa shape index (κ1) is 20.6. The number of hydrogen-bond acceptors (Lipinski definition) is 6. The minimum Gasteiger partial charge on any atom is -0.468 e. The molecule has 0 saturated carbocycles. The highest BCUT2D eigenvalue weighted by Crippen LogP contribution is 2.51. The van der Waals surface area contributed by atoms with Gasteiger partial charge in [-0.05, 0) is 60.9 Å². The van der Waals surface area contributed by atoms with Gasteiger partial charge in [-0.15, -0.1) is 5.10 Å². The van der Waals surface area contributed by atoms with Gasteiger partial charge in [-0.3, -0.25) is 9.59 Å². The lowest BCUT2D eigenvalue weighted by Gasteiger charge is -2.37. The van der Waals surface area contributed by atoms with E-state index in [2.05, 4.69) is 50.3 Å². The second-order valence-electron chi connectivity index (χ2n) is 6.64. The maximum Gasteiger partial charge on any atom is 0.327 e. The van der Waals surface area contributed by atoms with Crippen molar-refractivity contribution in [3.8, 4) is 0 Å². The molecule has 2 aliphatic rings. The van der Waals surface area contributed by atoms with Crippen LogP contribution in [0.5, 0.6) is 0 Å². The highest BCUT2D eigenvalue weighted by atomic mass is 79.9. The molecule has 9 heteroatoms. The molecule has 8 nitrogen and oxygen atoms in total. The van der Waals surface area contributed by atoms with E-state index in [1.807, 2.05) is 7.05 Å². The standard InChI is InChI=1S/C17H26BrN5O3/c1-11-9-17(5-7-21-8-6-17)13(14(11)19-2)15(25)23(10-12(24)26-4)22-16(18)20-3/h11,19,21H,3,5-10H2,1-2,4H3/b22-16-. The summed E-state index contributed by atoms with van der Waals surface area (Å²) in [6.07, 6.45) is 2.66. The molecule has 26 heavy (non-hydrogen) atoms. The lowest BCUT2D eigenvalue weighted by molar-refractivity contribution is -0.146. The number of ether oxygens (including phenoxy) is 1. The van der Waals surface area contributed by atoms with Crippen LogP contribution in [0.15, 0.2) is 21.4 Å². The Kier molecular flexibility index (Phi) is 6.94. The molecule has 1 saturated heterocycles. The van der Waals surface area contributed by atoms with Crippen LogP contribution in [0.2, 0.25) is 0 Å². The van der Waals surface area contributed by atoms with E-state index < -0.39 is 5.97 Å². The Hall–Kier alpha value is -1.74. The number of amides is 1. The molecule has 0 radical (unpaired) electrons. The van der Waals surface area contributed by atoms with E-state index >= 15 is 0 Å². The summed E-state index contributed by atoms with van der Waals surface area (Å²) >= 11 is 3.13. The summed E-state index contributed by atoms with van der Waals surface area (Å²) < 4.78 is 4.85. The largest absolute Gasteiger partial charge is 0.468 e. The molecule has 1 unspecified atom stereocenters. The summed E-state index contributed by atoms with van der Waals surface area (Å²) in [4.78, 5) is 28.9. The first-order valence-corrected chi connectivity index (χ1v) is 9.40. The number of piperidine rings is 1. The van der Waals surface area contributed by atoms with Crippen molar-refractivity contribution in [1.29, 1.82) is 0 Å². The quantitative estimate of drug-likeness (QED) is 0.226. The molecule has 0 bridgehead atoms. The van der Waals surface area contributed by atoms with Crippen LogP contribution >= 0.6 is 15.9 Å². The Morgan fingerprint density at radius 2 is 2.12 bits per heavy atom. The summed E-state index contributed by atoms with van der Waals surface area (Å²) in [5.41, 5.74) is 1.42. The molecular formula is C17H26BrN5O3. The van der Waals surface area contributed by atoms with Crippen LogP contribution in [0, 0.1) is 11.3 Å². The van der Waals surface area contributed by atoms with E-state index in [4.69, 9.17) is 4.74 Å². The average Bonchev–Trinajstić information content (AvgIpc) is 2.91. The number of carbonyl (C=O) groups is 2. The van der Waals surface area contributed by atoms with E-state index in [1.54, 1.807) is 0 Å². The van der Waals surface area contributed by atoms with Crippen LogP contribution in [0.4, 0.5) is 0 Å². The van der Waals surface area contributed by atoms with Gasteiger partial charge in [0.25, 0.3) is 5.91 Å². The summed E-state index contributed by atoms with van der Waals surface area (Å²) in [6, 6.07) is 0. The fourth-order valence-corrected chi connectivity index (χ4v) is 4.19. The van der Waals surface area contributed by atoms with Gasteiger partial charge in [0.1, 0.15) is 6.54 Å². The van der Waals surface area contributed by atoms with Crippen molar-refractivity contribution in [1.82, 2.24) is 15.6 Å². The number of halogens is 1. The van der Waals surface area contributed by atoms with Crippen LogP contribution in [0.3, 0.4) is 0 Å². The molecule has 0 aromatic rings. The molecule has 1 fully saturated rings. The highest BCUT2D eigenvalue weighted by molar-refractivity contribution is 9.18. The van der Waals surface area contributed by atoms with E-state index in [0.29, 0.717) is 5.57 Å². The van der Waals surface area contributed by atoms with Gasteiger partial charge < -0.3 is 15.4 Å². The van der Waals surface area contributed by atoms with Gasteiger partial charge in [0, 0.05) is 23.7 Å². The molecular weight excluding hydrogens is 402 g/mol. The average molecular weight is 428 g/mol. The molecule has 0 aromatic heterocycles. The Labute approximate surface area is 162 Å². The number of nitrogens with one attached hydrogen (secondary N) is 2. The van der Waals surface area contributed by atoms with Gasteiger partial charge in [-0.25, -0.2) is 10.0 Å². The molecule has 1 spiro atoms. The Morgan fingerprint density at radius 1 is 1.46 bits per heavy atom. The van der Waals surface area contributed by atoms with Gasteiger partial charge in [0.2, 0.25) is 4.74 Å². The monoisotopic (exact) mass is 427 g/mol. The third-order valence-electron chi connectivity index (χ3n) is 5.11. The van der Waals surface area contributed by atoms with Gasteiger partial charge >= 0.3 is 5.97 Å². The molecule has 1 heterocycles. The predicted molar refractivity (Wildman–Crippen MR) is 104 cm³/mol. The second kappa shape index (κ2) is 8.77. The zero-order chi connectivity index (χ0) is 19.3. The number of carbonyl (C=O) groups excluding carboxylic acids is 2. The lowest BCUT2D eigenvalue weighted by Crippen LogP contribution is -2.43. The zero-order valence-electron chi connectivity index (χ0n) is 15.5. The summed E-state index contributed by atoms with van der Waals surface area (Å²) in [7, 11) is 3.11. The smallest absolute Gasteiger partial charge is 0.327 e. The maximum atomic E-state index is 13.4. The van der Waals surface area contributed by atoms with Crippen molar-refractivity contribution in [3.63, 3.8) is 0 Å². The number of aliphatic imine (C=N–C) groups is 1. The number of allylic oxidation sites excluding steroid dienone is 1. The Balaban J connectivity index is 2.46. The number of nitrogens with zero attached hydrogens (tertiary/aromatic N) is 3. The van der Waals surface area contributed by atoms with Crippen LogP contribution in [-0.2, 0) is 14.3 Å². The molecule has 2 rings (SSSR count). The van der Waals surface area contributed by atoms with E-state index in [1.165, 1.54) is 7.11 Å². The third-order valence-corrected chi connectivity index (χ3v) is 5.52. The number of amidine groups is 1. The molecule has 0 aromatic carbocycles. The van der Waals surface area contributed by atoms with E-state index in [0.717, 1.165) is 43.1 Å². The second-order valence-corrected chi connectivity index (χ2v) is 7.35. The predicted octanol–water partition coefficient (Wildman–Crippen LogP) is 1.24. The number of hydrazone groups is 1. The SMILES string of the molecule is C=N/C(Br)=N\N(CC(=O)OC)C(=O)C1=C(NC)C(C)CC12CCNCC2. The zero-order valence-corrected chi connectivity index (χ0v) is 17.1. The third kappa shape index (κ3) is 4.15. The van der Waals surface area contributed by atoms with E-state index in [-0.39, 0.29) is 28.5 Å². The molecule has 1 aliphatic carbocycles. The normalized spacial score (nSPS) is 22.3. The summed E-state index contributed by atoms with van der Waals surface area (Å²) in [5, 5.41) is 11.8. The van der Waals surface area contributed by atoms with Gasteiger partial charge in [-0.1, -0.05) is 6.92 Å². The van der Waals surface area contributed by atoms with Crippen molar-refractivity contribution in [2.24, 2.45) is 21.4 Å². The van der Waals surface area contributed by atoms with Crippen LogP contribution in [0.25, 0.3) is 0 Å². The van der Waals surface area contributed by atoms with E-state index in [9.17, 15) is 9.59 Å². The first-order chi connectivity index (χ1) is 12.4. The van der Waals surface area contributed by atoms with Crippen LogP contribution in [-0.4, -0.2) is 62.1 Å². The van der Waals surface area contributed by atoms with Crippen molar-refractivity contribution in [3.05, 3.63) is 11.3 Å². The first-order valence-electron chi connectivity index (χ1n) is 8.61. The number of esters is 1. The lowest BCUT2D eigenvalue weighted by atomic mass is 9.72.